The Bertz CT molecular complexity index is 595. The molecule has 3 nitrogen and oxygen atoms in total. The standard InChI is InChI=1S/C12H11F3N2O/c1-6-5-9(17(2)16-6)12(18)7-3-4-8(13)11(15)10(7)14/h3-5,12,18H,1-2H3. The Morgan fingerprint density at radius 3 is 2.44 bits per heavy atom. The lowest BCUT2D eigenvalue weighted by Crippen LogP contribution is -2.10. The number of hydrogen-bond acceptors (Lipinski definition) is 2. The fourth-order valence-electron chi connectivity index (χ4n) is 1.80. The van der Waals surface area contributed by atoms with Crippen LogP contribution >= 0.6 is 0 Å². The van der Waals surface area contributed by atoms with Crippen LogP contribution in [0.25, 0.3) is 0 Å². The fourth-order valence-corrected chi connectivity index (χ4v) is 1.80. The van der Waals surface area contributed by atoms with Crippen LogP contribution in [0.5, 0.6) is 0 Å². The summed E-state index contributed by atoms with van der Waals surface area (Å²) in [7, 11) is 1.57. The Morgan fingerprint density at radius 2 is 1.89 bits per heavy atom. The van der Waals surface area contributed by atoms with E-state index in [2.05, 4.69) is 5.10 Å². The summed E-state index contributed by atoms with van der Waals surface area (Å²) in [5, 5.41) is 14.0. The first-order valence-electron chi connectivity index (χ1n) is 5.23. The molecule has 96 valence electrons. The van der Waals surface area contributed by atoms with Crippen molar-refractivity contribution in [3.8, 4) is 0 Å². The smallest absolute Gasteiger partial charge is 0.194 e. The zero-order chi connectivity index (χ0) is 13.4. The molecule has 1 N–H and O–H groups in total. The van der Waals surface area contributed by atoms with Gasteiger partial charge in [0.05, 0.1) is 11.4 Å². The first kappa shape index (κ1) is 12.6. The molecule has 0 bridgehead atoms. The quantitative estimate of drug-likeness (QED) is 0.837. The van der Waals surface area contributed by atoms with Crippen molar-refractivity contribution in [1.29, 1.82) is 0 Å². The normalized spacial score (nSPS) is 12.8. The van der Waals surface area contributed by atoms with Crippen LogP contribution < -0.4 is 0 Å². The molecule has 0 aliphatic rings. The predicted octanol–water partition coefficient (Wildman–Crippen LogP) is 2.23. The second kappa shape index (κ2) is 4.45. The van der Waals surface area contributed by atoms with Gasteiger partial charge in [-0.25, -0.2) is 13.2 Å². The SMILES string of the molecule is Cc1cc(C(O)c2ccc(F)c(F)c2F)n(C)n1. The van der Waals surface area contributed by atoms with Crippen LogP contribution in [0.1, 0.15) is 23.1 Å². The van der Waals surface area contributed by atoms with Crippen molar-refractivity contribution in [2.24, 2.45) is 7.05 Å². The molecule has 1 aromatic heterocycles. The Labute approximate surface area is 101 Å². The summed E-state index contributed by atoms with van der Waals surface area (Å²) in [6, 6.07) is 3.34. The number of hydrogen-bond donors (Lipinski definition) is 1. The van der Waals surface area contributed by atoms with E-state index in [-0.39, 0.29) is 5.56 Å². The van der Waals surface area contributed by atoms with E-state index < -0.39 is 23.6 Å². The minimum absolute atomic E-state index is 0.303. The number of halogens is 3. The van der Waals surface area contributed by atoms with Crippen LogP contribution in [0.4, 0.5) is 13.2 Å². The van der Waals surface area contributed by atoms with E-state index in [1.54, 1.807) is 20.0 Å². The molecule has 6 heteroatoms. The zero-order valence-corrected chi connectivity index (χ0v) is 9.78. The topological polar surface area (TPSA) is 38.0 Å². The highest BCUT2D eigenvalue weighted by Gasteiger charge is 2.22. The Kier molecular flexibility index (Phi) is 3.13. The molecular weight excluding hydrogens is 245 g/mol. The highest BCUT2D eigenvalue weighted by atomic mass is 19.2. The highest BCUT2D eigenvalue weighted by molar-refractivity contribution is 5.29. The van der Waals surface area contributed by atoms with Crippen LogP contribution in [-0.4, -0.2) is 14.9 Å². The molecular formula is C12H11F3N2O. The van der Waals surface area contributed by atoms with Crippen LogP contribution in [-0.2, 0) is 7.05 Å². The van der Waals surface area contributed by atoms with Gasteiger partial charge in [0.25, 0.3) is 0 Å². The van der Waals surface area contributed by atoms with E-state index in [4.69, 9.17) is 0 Å². The van der Waals surface area contributed by atoms with Gasteiger partial charge in [0.1, 0.15) is 6.10 Å². The first-order chi connectivity index (χ1) is 8.41. The average Bonchev–Trinajstić information content (AvgIpc) is 2.65. The van der Waals surface area contributed by atoms with Gasteiger partial charge < -0.3 is 5.11 Å². The molecule has 0 saturated heterocycles. The molecule has 0 spiro atoms. The molecule has 0 radical (unpaired) electrons. The summed E-state index contributed by atoms with van der Waals surface area (Å²) in [5.41, 5.74) is 0.615. The van der Waals surface area contributed by atoms with Gasteiger partial charge in [-0.1, -0.05) is 0 Å². The van der Waals surface area contributed by atoms with Crippen LogP contribution in [0.3, 0.4) is 0 Å². The van der Waals surface area contributed by atoms with Crippen LogP contribution in [0.15, 0.2) is 18.2 Å². The summed E-state index contributed by atoms with van der Waals surface area (Å²) in [6.45, 7) is 1.71. The number of rotatable bonds is 2. The number of aromatic nitrogens is 2. The highest BCUT2D eigenvalue weighted by Crippen LogP contribution is 2.26. The largest absolute Gasteiger partial charge is 0.382 e. The number of nitrogens with zero attached hydrogens (tertiary/aromatic N) is 2. The van der Waals surface area contributed by atoms with Crippen molar-refractivity contribution < 1.29 is 18.3 Å². The average molecular weight is 256 g/mol. The Hall–Kier alpha value is -1.82. The van der Waals surface area contributed by atoms with E-state index >= 15 is 0 Å². The Balaban J connectivity index is 2.49. The molecule has 18 heavy (non-hydrogen) atoms. The molecule has 1 unspecified atom stereocenters. The van der Waals surface area contributed by atoms with E-state index in [1.807, 2.05) is 0 Å². The maximum Gasteiger partial charge on any atom is 0.194 e. The molecule has 1 atom stereocenters. The zero-order valence-electron chi connectivity index (χ0n) is 9.78. The van der Waals surface area contributed by atoms with Gasteiger partial charge in [-0.15, -0.1) is 0 Å². The molecule has 1 heterocycles. The molecule has 1 aromatic carbocycles. The van der Waals surface area contributed by atoms with Crippen LogP contribution in [0, 0.1) is 24.4 Å². The summed E-state index contributed by atoms with van der Waals surface area (Å²) in [6.07, 6.45) is -1.40. The van der Waals surface area contributed by atoms with E-state index in [1.165, 1.54) is 4.68 Å². The minimum Gasteiger partial charge on any atom is -0.382 e. The summed E-state index contributed by atoms with van der Waals surface area (Å²) >= 11 is 0. The van der Waals surface area contributed by atoms with Gasteiger partial charge in [0.2, 0.25) is 0 Å². The van der Waals surface area contributed by atoms with E-state index in [0.717, 1.165) is 12.1 Å². The number of aliphatic hydroxyl groups excluding tert-OH is 1. The maximum atomic E-state index is 13.5. The third-order valence-electron chi connectivity index (χ3n) is 2.68. The van der Waals surface area contributed by atoms with Gasteiger partial charge in [0, 0.05) is 12.6 Å². The molecule has 0 amide bonds. The van der Waals surface area contributed by atoms with E-state index in [9.17, 15) is 18.3 Å². The van der Waals surface area contributed by atoms with Gasteiger partial charge in [-0.2, -0.15) is 5.10 Å². The maximum absolute atomic E-state index is 13.5. The molecule has 2 aromatic rings. The summed E-state index contributed by atoms with van der Waals surface area (Å²) < 4.78 is 40.8. The van der Waals surface area contributed by atoms with Crippen molar-refractivity contribution in [3.63, 3.8) is 0 Å². The molecule has 0 fully saturated rings. The predicted molar refractivity (Wildman–Crippen MR) is 58.3 cm³/mol. The summed E-state index contributed by atoms with van der Waals surface area (Å²) in [5.74, 6) is -4.27. The lowest BCUT2D eigenvalue weighted by Gasteiger charge is -2.12. The van der Waals surface area contributed by atoms with Gasteiger partial charge >= 0.3 is 0 Å². The Morgan fingerprint density at radius 1 is 1.22 bits per heavy atom. The third kappa shape index (κ3) is 1.99. The lowest BCUT2D eigenvalue weighted by molar-refractivity contribution is 0.202. The second-order valence-corrected chi connectivity index (χ2v) is 4.00. The number of aryl methyl sites for hydroxylation is 2. The van der Waals surface area contributed by atoms with Gasteiger partial charge in [-0.05, 0) is 25.1 Å². The van der Waals surface area contributed by atoms with E-state index in [0.29, 0.717) is 11.4 Å². The lowest BCUT2D eigenvalue weighted by atomic mass is 10.1. The van der Waals surface area contributed by atoms with Crippen molar-refractivity contribution in [3.05, 3.63) is 52.6 Å². The van der Waals surface area contributed by atoms with Crippen molar-refractivity contribution in [2.75, 3.05) is 0 Å². The summed E-state index contributed by atoms with van der Waals surface area (Å²) in [4.78, 5) is 0. The van der Waals surface area contributed by atoms with Crippen molar-refractivity contribution in [2.45, 2.75) is 13.0 Å². The molecule has 0 aliphatic heterocycles. The van der Waals surface area contributed by atoms with Crippen molar-refractivity contribution in [1.82, 2.24) is 9.78 Å². The second-order valence-electron chi connectivity index (χ2n) is 4.00. The third-order valence-corrected chi connectivity index (χ3v) is 2.68. The van der Waals surface area contributed by atoms with Crippen LogP contribution in [0.2, 0.25) is 0 Å². The van der Waals surface area contributed by atoms with Gasteiger partial charge in [-0.3, -0.25) is 4.68 Å². The molecule has 2 rings (SSSR count). The minimum atomic E-state index is -1.59. The number of aliphatic hydroxyl groups is 1. The molecule has 0 saturated carbocycles. The monoisotopic (exact) mass is 256 g/mol. The van der Waals surface area contributed by atoms with Crippen molar-refractivity contribution >= 4 is 0 Å². The molecule has 0 aliphatic carbocycles. The fraction of sp³-hybridized carbons (Fsp3) is 0.250. The first-order valence-corrected chi connectivity index (χ1v) is 5.23. The number of benzene rings is 1. The van der Waals surface area contributed by atoms with Gasteiger partial charge in [0.15, 0.2) is 17.5 Å².